The first-order chi connectivity index (χ1) is 13.9. The maximum Gasteiger partial charge on any atom is 0.312 e. The molecule has 0 aliphatic carbocycles. The van der Waals surface area contributed by atoms with Gasteiger partial charge in [-0.2, -0.15) is 0 Å². The Morgan fingerprint density at radius 2 is 1.55 bits per heavy atom. The first-order valence-corrected chi connectivity index (χ1v) is 8.95. The van der Waals surface area contributed by atoms with E-state index in [1.807, 2.05) is 0 Å². The monoisotopic (exact) mass is 406 g/mol. The molecule has 2 aromatic carbocycles. The van der Waals surface area contributed by atoms with Crippen molar-refractivity contribution in [1.82, 2.24) is 0 Å². The second-order valence-corrected chi connectivity index (χ2v) is 6.58. The van der Waals surface area contributed by atoms with Gasteiger partial charge in [0, 0.05) is 12.5 Å². The molecule has 4 N–H and O–H groups in total. The summed E-state index contributed by atoms with van der Waals surface area (Å²) in [5.41, 5.74) is 1.03. The zero-order chi connectivity index (χ0) is 21.6. The summed E-state index contributed by atoms with van der Waals surface area (Å²) in [6.07, 6.45) is -1.09. The van der Waals surface area contributed by atoms with Crippen LogP contribution in [-0.2, 0) is 16.0 Å². The molecule has 0 heterocycles. The maximum atomic E-state index is 12.5. The zero-order valence-electron chi connectivity index (χ0n) is 16.5. The molecule has 3 atom stereocenters. The van der Waals surface area contributed by atoms with Crippen LogP contribution in [0.1, 0.15) is 17.2 Å². The average Bonchev–Trinajstić information content (AvgIpc) is 2.74. The van der Waals surface area contributed by atoms with E-state index in [9.17, 15) is 25.2 Å². The summed E-state index contributed by atoms with van der Waals surface area (Å²) in [4.78, 5) is 12.5. The molecule has 0 aromatic heterocycles. The number of methoxy groups -OCH3 is 3. The van der Waals surface area contributed by atoms with Crippen molar-refractivity contribution in [2.75, 3.05) is 27.9 Å². The number of phenolic OH excluding ortho intramolecular Hbond substituents is 2. The summed E-state index contributed by atoms with van der Waals surface area (Å²) in [6, 6.07) is 8.94. The third-order valence-corrected chi connectivity index (χ3v) is 4.84. The van der Waals surface area contributed by atoms with Gasteiger partial charge in [0.1, 0.15) is 0 Å². The molecule has 0 saturated heterocycles. The number of carbonyl (C=O) groups is 1. The lowest BCUT2D eigenvalue weighted by molar-refractivity contribution is -0.153. The normalized spacial score (nSPS) is 14.0. The lowest BCUT2D eigenvalue weighted by atomic mass is 9.81. The van der Waals surface area contributed by atoms with Gasteiger partial charge in [-0.15, -0.1) is 0 Å². The van der Waals surface area contributed by atoms with Crippen molar-refractivity contribution in [3.63, 3.8) is 0 Å². The van der Waals surface area contributed by atoms with Gasteiger partial charge >= 0.3 is 5.97 Å². The molecule has 29 heavy (non-hydrogen) atoms. The molecule has 0 aliphatic rings. The third kappa shape index (κ3) is 5.10. The number of hydrogen-bond acceptors (Lipinski definition) is 8. The number of phenols is 2. The highest BCUT2D eigenvalue weighted by atomic mass is 16.5. The quantitative estimate of drug-likeness (QED) is 0.465. The van der Waals surface area contributed by atoms with Crippen molar-refractivity contribution in [3.8, 4) is 23.0 Å². The Bertz CT molecular complexity index is 835. The minimum absolute atomic E-state index is 0.0301. The van der Waals surface area contributed by atoms with Gasteiger partial charge in [0.2, 0.25) is 0 Å². The topological polar surface area (TPSA) is 126 Å². The molecule has 0 bridgehead atoms. The molecular weight excluding hydrogens is 380 g/mol. The highest BCUT2D eigenvalue weighted by Gasteiger charge is 2.36. The standard InChI is InChI=1S/C21H26O8/c1-27-17-9-12(4-6-15(17)23)8-14(11-22)19(21(26)29-3)20(25)13-5-7-16(24)18(10-13)28-2/h4-7,9-10,14,19-20,22-25H,8,11H2,1-3H3/t14-,19+,20-/m1/s1. The molecule has 0 unspecified atom stereocenters. The number of rotatable bonds is 9. The SMILES string of the molecule is COC(=O)[C@@H]([C@@H](CO)Cc1ccc(O)c(OC)c1)[C@H](O)c1ccc(O)c(OC)c1. The summed E-state index contributed by atoms with van der Waals surface area (Å²) in [5.74, 6) is -2.18. The van der Waals surface area contributed by atoms with Crippen LogP contribution >= 0.6 is 0 Å². The van der Waals surface area contributed by atoms with Crippen LogP contribution in [0.3, 0.4) is 0 Å². The molecule has 0 aliphatic heterocycles. The molecular formula is C21H26O8. The third-order valence-electron chi connectivity index (χ3n) is 4.84. The second-order valence-electron chi connectivity index (χ2n) is 6.58. The van der Waals surface area contributed by atoms with Crippen molar-refractivity contribution in [2.45, 2.75) is 12.5 Å². The van der Waals surface area contributed by atoms with Crippen molar-refractivity contribution >= 4 is 5.97 Å². The second kappa shape index (κ2) is 9.99. The minimum atomic E-state index is -1.31. The van der Waals surface area contributed by atoms with Gasteiger partial charge in [-0.05, 0) is 41.8 Å². The van der Waals surface area contributed by atoms with Crippen LogP contribution in [0.4, 0.5) is 0 Å². The molecule has 2 aromatic rings. The molecule has 0 fully saturated rings. The fourth-order valence-corrected chi connectivity index (χ4v) is 3.26. The largest absolute Gasteiger partial charge is 0.504 e. The van der Waals surface area contributed by atoms with Gasteiger partial charge in [-0.25, -0.2) is 0 Å². The number of carbonyl (C=O) groups excluding carboxylic acids is 1. The van der Waals surface area contributed by atoms with Gasteiger partial charge < -0.3 is 34.6 Å². The Kier molecular flexibility index (Phi) is 7.69. The summed E-state index contributed by atoms with van der Waals surface area (Å²) >= 11 is 0. The predicted octanol–water partition coefficient (Wildman–Crippen LogP) is 1.79. The molecule has 0 saturated carbocycles. The molecule has 0 radical (unpaired) electrons. The number of aromatic hydroxyl groups is 2. The van der Waals surface area contributed by atoms with Crippen molar-refractivity contribution < 1.29 is 39.4 Å². The number of esters is 1. The number of benzene rings is 2. The van der Waals surface area contributed by atoms with E-state index in [0.717, 1.165) is 0 Å². The van der Waals surface area contributed by atoms with Crippen molar-refractivity contribution in [1.29, 1.82) is 0 Å². The van der Waals surface area contributed by atoms with E-state index in [1.165, 1.54) is 45.6 Å². The first-order valence-electron chi connectivity index (χ1n) is 8.95. The number of aliphatic hydroxyl groups excluding tert-OH is 2. The summed E-state index contributed by atoms with van der Waals surface area (Å²) < 4.78 is 15.0. The highest BCUT2D eigenvalue weighted by molar-refractivity contribution is 5.74. The molecule has 158 valence electrons. The molecule has 0 spiro atoms. The maximum absolute atomic E-state index is 12.5. The first kappa shape index (κ1) is 22.3. The summed E-state index contributed by atoms with van der Waals surface area (Å²) in [7, 11) is 4.00. The Morgan fingerprint density at radius 3 is 2.10 bits per heavy atom. The van der Waals surface area contributed by atoms with Crippen LogP contribution in [-0.4, -0.2) is 54.3 Å². The van der Waals surface area contributed by atoms with Crippen LogP contribution in [0.5, 0.6) is 23.0 Å². The van der Waals surface area contributed by atoms with Crippen LogP contribution in [0.15, 0.2) is 36.4 Å². The zero-order valence-corrected chi connectivity index (χ0v) is 16.5. The average molecular weight is 406 g/mol. The van der Waals surface area contributed by atoms with E-state index in [-0.39, 0.29) is 29.4 Å². The Morgan fingerprint density at radius 1 is 0.966 bits per heavy atom. The van der Waals surface area contributed by atoms with E-state index in [2.05, 4.69) is 0 Å². The lowest BCUT2D eigenvalue weighted by Crippen LogP contribution is -2.34. The van der Waals surface area contributed by atoms with E-state index in [1.54, 1.807) is 12.1 Å². The van der Waals surface area contributed by atoms with E-state index >= 15 is 0 Å². The van der Waals surface area contributed by atoms with Crippen LogP contribution in [0.25, 0.3) is 0 Å². The molecule has 0 amide bonds. The van der Waals surface area contributed by atoms with Gasteiger partial charge in [0.05, 0.1) is 33.4 Å². The number of aliphatic hydroxyl groups is 2. The Labute approximate surface area is 168 Å². The summed E-state index contributed by atoms with van der Waals surface area (Å²) in [5, 5.41) is 40.4. The van der Waals surface area contributed by atoms with Gasteiger partial charge in [0.15, 0.2) is 23.0 Å². The molecule has 8 heteroatoms. The lowest BCUT2D eigenvalue weighted by Gasteiger charge is -2.28. The van der Waals surface area contributed by atoms with Gasteiger partial charge in [0.25, 0.3) is 0 Å². The number of ether oxygens (including phenoxy) is 3. The molecule has 2 rings (SSSR count). The van der Waals surface area contributed by atoms with Crippen LogP contribution in [0, 0.1) is 11.8 Å². The van der Waals surface area contributed by atoms with E-state index in [4.69, 9.17) is 14.2 Å². The number of hydrogen-bond donors (Lipinski definition) is 4. The predicted molar refractivity (Wildman–Crippen MR) is 104 cm³/mol. The smallest absolute Gasteiger partial charge is 0.312 e. The van der Waals surface area contributed by atoms with Crippen molar-refractivity contribution in [2.24, 2.45) is 11.8 Å². The summed E-state index contributed by atoms with van der Waals surface area (Å²) in [6.45, 7) is -0.394. The van der Waals surface area contributed by atoms with E-state index in [0.29, 0.717) is 11.1 Å². The van der Waals surface area contributed by atoms with Crippen molar-refractivity contribution in [3.05, 3.63) is 47.5 Å². The van der Waals surface area contributed by atoms with Gasteiger partial charge in [-0.3, -0.25) is 4.79 Å². The van der Waals surface area contributed by atoms with Crippen LogP contribution in [0.2, 0.25) is 0 Å². The fraction of sp³-hybridized carbons (Fsp3) is 0.381. The van der Waals surface area contributed by atoms with E-state index < -0.39 is 30.5 Å². The fourth-order valence-electron chi connectivity index (χ4n) is 3.26. The Hall–Kier alpha value is -2.97. The molecule has 8 nitrogen and oxygen atoms in total. The minimum Gasteiger partial charge on any atom is -0.504 e. The van der Waals surface area contributed by atoms with Crippen LogP contribution < -0.4 is 9.47 Å². The van der Waals surface area contributed by atoms with Gasteiger partial charge in [-0.1, -0.05) is 12.1 Å². The Balaban J connectivity index is 2.37. The highest BCUT2D eigenvalue weighted by Crippen LogP contribution is 2.36.